The summed E-state index contributed by atoms with van der Waals surface area (Å²) >= 11 is 8.24. The lowest BCUT2D eigenvalue weighted by Gasteiger charge is -2.17. The van der Waals surface area contributed by atoms with E-state index in [0.29, 0.717) is 6.04 Å². The van der Waals surface area contributed by atoms with Crippen LogP contribution in [0.15, 0.2) is 17.5 Å². The van der Waals surface area contributed by atoms with Gasteiger partial charge in [-0.15, -0.1) is 11.3 Å². The lowest BCUT2D eigenvalue weighted by Crippen LogP contribution is -2.28. The van der Waals surface area contributed by atoms with Crippen molar-refractivity contribution in [2.24, 2.45) is 0 Å². The van der Waals surface area contributed by atoms with Gasteiger partial charge >= 0.3 is 0 Å². The first-order valence-corrected chi connectivity index (χ1v) is 8.82. The maximum atomic E-state index is 6.40. The van der Waals surface area contributed by atoms with Gasteiger partial charge in [-0.05, 0) is 51.6 Å². The number of aryl methyl sites for hydroxylation is 3. The lowest BCUT2D eigenvalue weighted by atomic mass is 10.0. The van der Waals surface area contributed by atoms with Gasteiger partial charge < -0.3 is 5.32 Å². The molecule has 2 aromatic rings. The van der Waals surface area contributed by atoms with E-state index in [1.54, 1.807) is 0 Å². The summed E-state index contributed by atoms with van der Waals surface area (Å²) in [6.45, 7) is 4.95. The van der Waals surface area contributed by atoms with Gasteiger partial charge in [0.15, 0.2) is 0 Å². The number of nitrogens with one attached hydrogen (secondary N) is 1. The average molecular weight is 326 g/mol. The second-order valence-corrected chi connectivity index (χ2v) is 6.73. The zero-order valence-corrected chi connectivity index (χ0v) is 14.6. The summed E-state index contributed by atoms with van der Waals surface area (Å²) in [5.74, 6) is 0. The molecule has 0 fully saturated rings. The number of thiophene rings is 1. The van der Waals surface area contributed by atoms with Gasteiger partial charge in [-0.1, -0.05) is 17.7 Å². The maximum Gasteiger partial charge on any atom is 0.0847 e. The molecule has 0 radical (unpaired) electrons. The number of rotatable bonds is 8. The largest absolute Gasteiger partial charge is 0.317 e. The SMILES string of the molecule is CCn1nc(C)c(Cl)c1CC(CCCc1cccs1)NC. The Labute approximate surface area is 136 Å². The fourth-order valence-electron chi connectivity index (χ4n) is 2.62. The molecule has 116 valence electrons. The van der Waals surface area contributed by atoms with Crippen molar-refractivity contribution in [2.75, 3.05) is 7.05 Å². The molecule has 2 aromatic heterocycles. The molecule has 3 nitrogen and oxygen atoms in total. The third-order valence-corrected chi connectivity index (χ3v) is 5.28. The smallest absolute Gasteiger partial charge is 0.0847 e. The minimum absolute atomic E-state index is 0.448. The number of aromatic nitrogens is 2. The van der Waals surface area contributed by atoms with Gasteiger partial charge in [-0.25, -0.2) is 0 Å². The molecule has 2 heterocycles. The second kappa shape index (κ2) is 7.97. The Kier molecular flexibility index (Phi) is 6.27. The Morgan fingerprint density at radius 2 is 2.29 bits per heavy atom. The van der Waals surface area contributed by atoms with Crippen molar-refractivity contribution in [2.45, 2.75) is 52.1 Å². The van der Waals surface area contributed by atoms with Gasteiger partial charge in [0, 0.05) is 23.9 Å². The van der Waals surface area contributed by atoms with Crippen molar-refractivity contribution in [3.8, 4) is 0 Å². The van der Waals surface area contributed by atoms with E-state index in [2.05, 4.69) is 34.9 Å². The van der Waals surface area contributed by atoms with Gasteiger partial charge in [0.2, 0.25) is 0 Å². The van der Waals surface area contributed by atoms with Gasteiger partial charge in [-0.3, -0.25) is 4.68 Å². The van der Waals surface area contributed by atoms with Gasteiger partial charge in [0.05, 0.1) is 16.4 Å². The highest BCUT2D eigenvalue weighted by molar-refractivity contribution is 7.09. The summed E-state index contributed by atoms with van der Waals surface area (Å²) in [6, 6.07) is 4.78. The van der Waals surface area contributed by atoms with E-state index in [1.807, 2.05) is 30.0 Å². The van der Waals surface area contributed by atoms with Crippen molar-refractivity contribution in [1.29, 1.82) is 0 Å². The van der Waals surface area contributed by atoms with Crippen LogP contribution in [0.4, 0.5) is 0 Å². The van der Waals surface area contributed by atoms with Crippen LogP contribution < -0.4 is 5.32 Å². The first kappa shape index (κ1) is 16.5. The van der Waals surface area contributed by atoms with Gasteiger partial charge in [0.1, 0.15) is 0 Å². The molecule has 1 N–H and O–H groups in total. The zero-order chi connectivity index (χ0) is 15.2. The standard InChI is InChI=1S/C16H24ClN3S/c1-4-20-15(16(17)12(2)19-20)11-13(18-3)7-5-8-14-9-6-10-21-14/h6,9-10,13,18H,4-5,7-8,11H2,1-3H3. The van der Waals surface area contributed by atoms with Crippen LogP contribution in [-0.4, -0.2) is 22.9 Å². The predicted octanol–water partition coefficient (Wildman–Crippen LogP) is 4.08. The molecule has 0 aromatic carbocycles. The summed E-state index contributed by atoms with van der Waals surface area (Å²) < 4.78 is 2.03. The maximum absolute atomic E-state index is 6.40. The van der Waals surface area contributed by atoms with Crippen LogP contribution >= 0.6 is 22.9 Å². The summed E-state index contributed by atoms with van der Waals surface area (Å²) in [5.41, 5.74) is 2.09. The molecule has 0 spiro atoms. The minimum Gasteiger partial charge on any atom is -0.317 e. The van der Waals surface area contributed by atoms with E-state index in [1.165, 1.54) is 11.3 Å². The Morgan fingerprint density at radius 1 is 1.48 bits per heavy atom. The second-order valence-electron chi connectivity index (χ2n) is 5.32. The van der Waals surface area contributed by atoms with Crippen molar-refractivity contribution < 1.29 is 0 Å². The summed E-state index contributed by atoms with van der Waals surface area (Å²) in [5, 5.41) is 10.9. The Hall–Kier alpha value is -0.840. The molecule has 0 aliphatic carbocycles. The third kappa shape index (κ3) is 4.31. The van der Waals surface area contributed by atoms with Crippen LogP contribution in [0.25, 0.3) is 0 Å². The number of likely N-dealkylation sites (N-methyl/N-ethyl adjacent to an activating group) is 1. The highest BCUT2D eigenvalue weighted by atomic mass is 35.5. The van der Waals surface area contributed by atoms with E-state index in [4.69, 9.17) is 11.6 Å². The van der Waals surface area contributed by atoms with E-state index >= 15 is 0 Å². The molecule has 0 saturated heterocycles. The van der Waals surface area contributed by atoms with Crippen molar-refractivity contribution in [1.82, 2.24) is 15.1 Å². The van der Waals surface area contributed by atoms with Crippen LogP contribution in [0, 0.1) is 6.92 Å². The monoisotopic (exact) mass is 325 g/mol. The highest BCUT2D eigenvalue weighted by Gasteiger charge is 2.16. The van der Waals surface area contributed by atoms with E-state index in [9.17, 15) is 0 Å². The number of hydrogen-bond acceptors (Lipinski definition) is 3. The molecule has 0 amide bonds. The summed E-state index contributed by atoms with van der Waals surface area (Å²) in [6.07, 6.45) is 4.45. The van der Waals surface area contributed by atoms with Crippen LogP contribution in [-0.2, 0) is 19.4 Å². The van der Waals surface area contributed by atoms with E-state index in [0.717, 1.165) is 42.2 Å². The summed E-state index contributed by atoms with van der Waals surface area (Å²) in [7, 11) is 2.03. The van der Waals surface area contributed by atoms with Crippen molar-refractivity contribution >= 4 is 22.9 Å². The lowest BCUT2D eigenvalue weighted by molar-refractivity contribution is 0.481. The van der Waals surface area contributed by atoms with E-state index < -0.39 is 0 Å². The Bertz CT molecular complexity index is 548. The van der Waals surface area contributed by atoms with Gasteiger partial charge in [0.25, 0.3) is 0 Å². The average Bonchev–Trinajstić information content (AvgIpc) is 3.09. The Morgan fingerprint density at radius 3 is 2.90 bits per heavy atom. The van der Waals surface area contributed by atoms with Crippen molar-refractivity contribution in [3.63, 3.8) is 0 Å². The van der Waals surface area contributed by atoms with Crippen LogP contribution in [0.2, 0.25) is 5.02 Å². The number of halogens is 1. The molecule has 0 saturated carbocycles. The molecule has 2 rings (SSSR count). The minimum atomic E-state index is 0.448. The normalized spacial score (nSPS) is 12.8. The number of hydrogen-bond donors (Lipinski definition) is 1. The highest BCUT2D eigenvalue weighted by Crippen LogP contribution is 2.23. The fourth-order valence-corrected chi connectivity index (χ4v) is 3.59. The molecule has 0 bridgehead atoms. The number of nitrogens with zero attached hydrogens (tertiary/aromatic N) is 2. The topological polar surface area (TPSA) is 29.9 Å². The van der Waals surface area contributed by atoms with Crippen LogP contribution in [0.3, 0.4) is 0 Å². The third-order valence-electron chi connectivity index (χ3n) is 3.86. The molecular weight excluding hydrogens is 302 g/mol. The van der Waals surface area contributed by atoms with Gasteiger partial charge in [-0.2, -0.15) is 5.10 Å². The zero-order valence-electron chi connectivity index (χ0n) is 13.0. The predicted molar refractivity (Wildman–Crippen MR) is 91.5 cm³/mol. The first-order chi connectivity index (χ1) is 10.2. The van der Waals surface area contributed by atoms with E-state index in [-0.39, 0.29) is 0 Å². The fraction of sp³-hybridized carbons (Fsp3) is 0.562. The first-order valence-electron chi connectivity index (χ1n) is 7.57. The molecular formula is C16H24ClN3S. The quantitative estimate of drug-likeness (QED) is 0.792. The van der Waals surface area contributed by atoms with Crippen LogP contribution in [0.1, 0.15) is 36.0 Å². The molecule has 5 heteroatoms. The Balaban J connectivity index is 1.92. The molecule has 21 heavy (non-hydrogen) atoms. The summed E-state index contributed by atoms with van der Waals surface area (Å²) in [4.78, 5) is 1.47. The molecule has 1 atom stereocenters. The molecule has 0 aliphatic rings. The molecule has 1 unspecified atom stereocenters. The van der Waals surface area contributed by atoms with Crippen LogP contribution in [0.5, 0.6) is 0 Å². The van der Waals surface area contributed by atoms with Crippen molar-refractivity contribution in [3.05, 3.63) is 38.8 Å². The molecule has 0 aliphatic heterocycles.